The smallest absolute Gasteiger partial charge is 0.163 e. The first-order valence-electron chi connectivity index (χ1n) is 9.00. The van der Waals surface area contributed by atoms with Crippen LogP contribution in [0.3, 0.4) is 0 Å². The van der Waals surface area contributed by atoms with Crippen molar-refractivity contribution in [3.63, 3.8) is 0 Å². The van der Waals surface area contributed by atoms with Crippen LogP contribution in [0.4, 0.5) is 5.69 Å². The summed E-state index contributed by atoms with van der Waals surface area (Å²) < 4.78 is 21.6. The van der Waals surface area contributed by atoms with Crippen molar-refractivity contribution in [3.8, 4) is 11.5 Å². The third kappa shape index (κ3) is 8.60. The first-order valence-corrected chi connectivity index (χ1v) is 12.6. The van der Waals surface area contributed by atoms with E-state index in [1.54, 1.807) is 14.2 Å². The Morgan fingerprint density at radius 1 is 0.920 bits per heavy atom. The largest absolute Gasteiger partial charge is 0.487 e. The van der Waals surface area contributed by atoms with Gasteiger partial charge in [0, 0.05) is 40.6 Å². The fourth-order valence-electron chi connectivity index (χ4n) is 2.19. The SMILES string of the molecule is COCCOc1ccc(NCCC(C)[Si](C)(C)C)cc1OCCOC. The number of anilines is 1. The molecule has 5 nitrogen and oxygen atoms in total. The van der Waals surface area contributed by atoms with Crippen LogP contribution >= 0.6 is 0 Å². The molecule has 0 fully saturated rings. The summed E-state index contributed by atoms with van der Waals surface area (Å²) in [7, 11) is 2.25. The summed E-state index contributed by atoms with van der Waals surface area (Å²) in [4.78, 5) is 0. The zero-order chi connectivity index (χ0) is 18.7. The van der Waals surface area contributed by atoms with Gasteiger partial charge in [-0.05, 0) is 24.1 Å². The van der Waals surface area contributed by atoms with Gasteiger partial charge in [-0.3, -0.25) is 0 Å². The third-order valence-electron chi connectivity index (χ3n) is 4.42. The van der Waals surface area contributed by atoms with E-state index in [0.29, 0.717) is 26.4 Å². The standard InChI is InChI=1S/C19H35NO4Si/c1-16(25(4,5)6)9-10-20-17-7-8-18(23-13-11-21-2)19(15-17)24-14-12-22-3/h7-8,15-16,20H,9-14H2,1-6H3. The first kappa shape index (κ1) is 21.8. The van der Waals surface area contributed by atoms with Crippen LogP contribution in [0.1, 0.15) is 13.3 Å². The molecule has 1 rings (SSSR count). The van der Waals surface area contributed by atoms with Gasteiger partial charge in [0.25, 0.3) is 0 Å². The van der Waals surface area contributed by atoms with E-state index in [9.17, 15) is 0 Å². The minimum Gasteiger partial charge on any atom is -0.487 e. The molecule has 1 unspecified atom stereocenters. The van der Waals surface area contributed by atoms with E-state index in [1.165, 1.54) is 6.42 Å². The molecule has 6 heteroatoms. The van der Waals surface area contributed by atoms with Crippen molar-refractivity contribution in [2.24, 2.45) is 0 Å². The van der Waals surface area contributed by atoms with Crippen molar-refractivity contribution in [1.29, 1.82) is 0 Å². The van der Waals surface area contributed by atoms with Gasteiger partial charge in [-0.15, -0.1) is 0 Å². The van der Waals surface area contributed by atoms with E-state index in [1.807, 2.05) is 18.2 Å². The molecule has 144 valence electrons. The van der Waals surface area contributed by atoms with Gasteiger partial charge >= 0.3 is 0 Å². The van der Waals surface area contributed by atoms with Gasteiger partial charge in [0.2, 0.25) is 0 Å². The number of ether oxygens (including phenoxy) is 4. The molecule has 0 saturated heterocycles. The topological polar surface area (TPSA) is 49.0 Å². The molecule has 0 aliphatic heterocycles. The normalized spacial score (nSPS) is 12.7. The molecular formula is C19H35NO4Si. The van der Waals surface area contributed by atoms with Crippen molar-refractivity contribution < 1.29 is 18.9 Å². The van der Waals surface area contributed by atoms with Crippen LogP contribution in [-0.2, 0) is 9.47 Å². The van der Waals surface area contributed by atoms with Crippen LogP contribution in [0.15, 0.2) is 18.2 Å². The van der Waals surface area contributed by atoms with Crippen molar-refractivity contribution >= 4 is 13.8 Å². The second kappa shape index (κ2) is 11.4. The lowest BCUT2D eigenvalue weighted by Gasteiger charge is -2.25. The highest BCUT2D eigenvalue weighted by Crippen LogP contribution is 2.31. The Balaban J connectivity index is 2.65. The molecule has 0 saturated carbocycles. The van der Waals surface area contributed by atoms with Crippen molar-refractivity contribution in [2.45, 2.75) is 38.5 Å². The van der Waals surface area contributed by atoms with E-state index >= 15 is 0 Å². The second-order valence-corrected chi connectivity index (χ2v) is 13.0. The number of hydrogen-bond donors (Lipinski definition) is 1. The molecule has 1 N–H and O–H groups in total. The Morgan fingerprint density at radius 3 is 2.08 bits per heavy atom. The minimum atomic E-state index is -1.07. The lowest BCUT2D eigenvalue weighted by atomic mass is 10.2. The predicted octanol–water partition coefficient (Wildman–Crippen LogP) is 4.27. The number of benzene rings is 1. The summed E-state index contributed by atoms with van der Waals surface area (Å²) in [6.07, 6.45) is 1.18. The van der Waals surface area contributed by atoms with Gasteiger partial charge in [-0.2, -0.15) is 0 Å². The maximum Gasteiger partial charge on any atom is 0.163 e. The summed E-state index contributed by atoms with van der Waals surface area (Å²) in [6.45, 7) is 12.7. The van der Waals surface area contributed by atoms with E-state index in [4.69, 9.17) is 18.9 Å². The molecule has 0 heterocycles. The number of hydrogen-bond acceptors (Lipinski definition) is 5. The quantitative estimate of drug-likeness (QED) is 0.416. The summed E-state index contributed by atoms with van der Waals surface area (Å²) in [6, 6.07) is 5.98. The van der Waals surface area contributed by atoms with E-state index in [-0.39, 0.29) is 0 Å². The maximum absolute atomic E-state index is 5.81. The summed E-state index contributed by atoms with van der Waals surface area (Å²) in [5.41, 5.74) is 1.84. The maximum atomic E-state index is 5.81. The lowest BCUT2D eigenvalue weighted by molar-refractivity contribution is 0.132. The molecule has 0 aromatic heterocycles. The van der Waals surface area contributed by atoms with Gasteiger partial charge in [0.15, 0.2) is 11.5 Å². The first-order chi connectivity index (χ1) is 11.9. The van der Waals surface area contributed by atoms with Crippen LogP contribution in [0.25, 0.3) is 0 Å². The predicted molar refractivity (Wildman–Crippen MR) is 107 cm³/mol. The van der Waals surface area contributed by atoms with Gasteiger partial charge in [-0.1, -0.05) is 26.6 Å². The van der Waals surface area contributed by atoms with Crippen molar-refractivity contribution in [3.05, 3.63) is 18.2 Å². The van der Waals surface area contributed by atoms with Crippen LogP contribution in [0.5, 0.6) is 11.5 Å². The van der Waals surface area contributed by atoms with Gasteiger partial charge in [0.1, 0.15) is 13.2 Å². The van der Waals surface area contributed by atoms with E-state index in [0.717, 1.165) is 29.3 Å². The molecule has 0 aliphatic carbocycles. The fourth-order valence-corrected chi connectivity index (χ4v) is 3.20. The number of methoxy groups -OCH3 is 2. The molecule has 1 aromatic carbocycles. The van der Waals surface area contributed by atoms with Gasteiger partial charge < -0.3 is 24.3 Å². The lowest BCUT2D eigenvalue weighted by Crippen LogP contribution is -2.27. The van der Waals surface area contributed by atoms with Gasteiger partial charge in [0.05, 0.1) is 13.2 Å². The highest BCUT2D eigenvalue weighted by atomic mass is 28.3. The number of rotatable bonds is 13. The molecule has 25 heavy (non-hydrogen) atoms. The van der Waals surface area contributed by atoms with Crippen LogP contribution in [0.2, 0.25) is 25.2 Å². The fraction of sp³-hybridized carbons (Fsp3) is 0.684. The molecule has 0 bridgehead atoms. The minimum absolute atomic E-state index is 0.493. The van der Waals surface area contributed by atoms with Crippen LogP contribution < -0.4 is 14.8 Å². The van der Waals surface area contributed by atoms with E-state index in [2.05, 4.69) is 31.9 Å². The average molecular weight is 370 g/mol. The highest BCUT2D eigenvalue weighted by molar-refractivity contribution is 6.77. The monoisotopic (exact) mass is 369 g/mol. The van der Waals surface area contributed by atoms with Crippen LogP contribution in [0, 0.1) is 0 Å². The van der Waals surface area contributed by atoms with Gasteiger partial charge in [-0.25, -0.2) is 0 Å². The Kier molecular flexibility index (Phi) is 9.93. The molecule has 0 amide bonds. The Bertz CT molecular complexity index is 491. The van der Waals surface area contributed by atoms with Crippen LogP contribution in [-0.4, -0.2) is 55.3 Å². The highest BCUT2D eigenvalue weighted by Gasteiger charge is 2.21. The number of nitrogens with one attached hydrogen (secondary N) is 1. The van der Waals surface area contributed by atoms with E-state index < -0.39 is 8.07 Å². The summed E-state index contributed by atoms with van der Waals surface area (Å²) in [5, 5.41) is 3.50. The third-order valence-corrected chi connectivity index (χ3v) is 7.66. The average Bonchev–Trinajstić information content (AvgIpc) is 2.56. The Hall–Kier alpha value is -1.24. The summed E-state index contributed by atoms with van der Waals surface area (Å²) >= 11 is 0. The van der Waals surface area contributed by atoms with Crippen molar-refractivity contribution in [2.75, 3.05) is 52.5 Å². The molecule has 1 atom stereocenters. The molecular weight excluding hydrogens is 334 g/mol. The zero-order valence-corrected chi connectivity index (χ0v) is 17.7. The Morgan fingerprint density at radius 2 is 1.52 bits per heavy atom. The molecule has 1 aromatic rings. The Labute approximate surface area is 154 Å². The van der Waals surface area contributed by atoms with Crippen molar-refractivity contribution in [1.82, 2.24) is 0 Å². The molecule has 0 spiro atoms. The second-order valence-electron chi connectivity index (χ2n) is 7.33. The molecule has 0 aliphatic rings. The molecule has 0 radical (unpaired) electrons. The summed E-state index contributed by atoms with van der Waals surface area (Å²) in [5.74, 6) is 1.46. The zero-order valence-electron chi connectivity index (χ0n) is 16.7.